The number of benzene rings is 1. The second kappa shape index (κ2) is 5.55. The lowest BCUT2D eigenvalue weighted by atomic mass is 10.2. The average Bonchev–Trinajstić information content (AvgIpc) is 2.70. The van der Waals surface area contributed by atoms with Crippen molar-refractivity contribution in [3.63, 3.8) is 0 Å². The number of aromatic amines is 1. The smallest absolute Gasteiger partial charge is 0.244 e. The molecular formula is C13H16ClN3O2S. The van der Waals surface area contributed by atoms with Crippen molar-refractivity contribution in [2.75, 3.05) is 7.05 Å². The van der Waals surface area contributed by atoms with Gasteiger partial charge in [-0.2, -0.15) is 9.40 Å². The van der Waals surface area contributed by atoms with Crippen LogP contribution in [-0.2, 0) is 16.6 Å². The molecule has 0 aliphatic rings. The summed E-state index contributed by atoms with van der Waals surface area (Å²) >= 11 is 5.97. The van der Waals surface area contributed by atoms with Crippen LogP contribution < -0.4 is 0 Å². The zero-order valence-corrected chi connectivity index (χ0v) is 13.1. The number of nitrogens with one attached hydrogen (secondary N) is 1. The Balaban J connectivity index is 2.34. The van der Waals surface area contributed by atoms with E-state index < -0.39 is 10.0 Å². The maximum absolute atomic E-state index is 12.5. The van der Waals surface area contributed by atoms with Crippen LogP contribution in [0.3, 0.4) is 0 Å². The zero-order chi connectivity index (χ0) is 14.9. The molecule has 0 radical (unpaired) electrons. The van der Waals surface area contributed by atoms with Gasteiger partial charge in [0.2, 0.25) is 10.0 Å². The summed E-state index contributed by atoms with van der Waals surface area (Å²) in [5.41, 5.74) is 2.54. The van der Waals surface area contributed by atoms with Crippen molar-refractivity contribution < 1.29 is 8.42 Å². The molecule has 1 N–H and O–H groups in total. The third-order valence-electron chi connectivity index (χ3n) is 3.19. The summed E-state index contributed by atoms with van der Waals surface area (Å²) < 4.78 is 26.3. The Labute approximate surface area is 123 Å². The first-order chi connectivity index (χ1) is 9.34. The Morgan fingerprint density at radius 3 is 2.50 bits per heavy atom. The molecule has 7 heteroatoms. The van der Waals surface area contributed by atoms with E-state index in [0.717, 1.165) is 17.0 Å². The Morgan fingerprint density at radius 2 is 1.95 bits per heavy atom. The number of halogens is 1. The van der Waals surface area contributed by atoms with Crippen molar-refractivity contribution in [2.24, 2.45) is 0 Å². The molecule has 0 saturated heterocycles. The minimum absolute atomic E-state index is 0.114. The van der Waals surface area contributed by atoms with Gasteiger partial charge >= 0.3 is 0 Å². The molecule has 0 fully saturated rings. The molecule has 1 aromatic carbocycles. The van der Waals surface area contributed by atoms with E-state index in [9.17, 15) is 8.42 Å². The summed E-state index contributed by atoms with van der Waals surface area (Å²) in [5.74, 6) is 0. The van der Waals surface area contributed by atoms with Gasteiger partial charge in [-0.15, -0.1) is 0 Å². The number of aryl methyl sites for hydroxylation is 2. The second-order valence-electron chi connectivity index (χ2n) is 4.60. The van der Waals surface area contributed by atoms with Crippen molar-refractivity contribution >= 4 is 21.6 Å². The van der Waals surface area contributed by atoms with Gasteiger partial charge in [-0.25, -0.2) is 8.42 Å². The fourth-order valence-corrected chi connectivity index (χ4v) is 3.56. The van der Waals surface area contributed by atoms with Crippen LogP contribution in [0, 0.1) is 13.8 Å². The summed E-state index contributed by atoms with van der Waals surface area (Å²) in [6.45, 7) is 3.96. The minimum atomic E-state index is -3.62. The van der Waals surface area contributed by atoms with E-state index in [2.05, 4.69) is 10.2 Å². The van der Waals surface area contributed by atoms with Gasteiger partial charge < -0.3 is 0 Å². The molecule has 0 aliphatic carbocycles. The molecule has 108 valence electrons. The number of aromatic nitrogens is 2. The molecule has 0 atom stereocenters. The summed E-state index contributed by atoms with van der Waals surface area (Å²) in [5, 5.41) is 7.14. The van der Waals surface area contributed by atoms with Gasteiger partial charge in [0.05, 0.1) is 10.7 Å². The molecule has 0 bridgehead atoms. The fourth-order valence-electron chi connectivity index (χ4n) is 1.94. The van der Waals surface area contributed by atoms with Crippen LogP contribution in [0.1, 0.15) is 17.0 Å². The first-order valence-electron chi connectivity index (χ1n) is 6.05. The van der Waals surface area contributed by atoms with E-state index in [1.54, 1.807) is 18.2 Å². The van der Waals surface area contributed by atoms with Crippen LogP contribution in [0.15, 0.2) is 29.2 Å². The predicted octanol–water partition coefficient (Wildman–Crippen LogP) is 2.50. The number of nitrogens with zero attached hydrogens (tertiary/aromatic N) is 2. The molecule has 20 heavy (non-hydrogen) atoms. The van der Waals surface area contributed by atoms with Gasteiger partial charge in [-0.3, -0.25) is 5.10 Å². The highest BCUT2D eigenvalue weighted by atomic mass is 35.5. The van der Waals surface area contributed by atoms with Gasteiger partial charge in [-0.05, 0) is 26.0 Å². The van der Waals surface area contributed by atoms with Crippen LogP contribution in [0.4, 0.5) is 0 Å². The second-order valence-corrected chi connectivity index (χ2v) is 7.02. The lowest BCUT2D eigenvalue weighted by Crippen LogP contribution is -2.27. The van der Waals surface area contributed by atoms with Crippen molar-refractivity contribution in [3.05, 3.63) is 46.2 Å². The van der Waals surface area contributed by atoms with Crippen LogP contribution in [0.5, 0.6) is 0 Å². The van der Waals surface area contributed by atoms with Gasteiger partial charge in [-0.1, -0.05) is 23.7 Å². The monoisotopic (exact) mass is 313 g/mol. The van der Waals surface area contributed by atoms with E-state index in [1.807, 2.05) is 13.8 Å². The fraction of sp³-hybridized carbons (Fsp3) is 0.308. The Kier molecular flexibility index (Phi) is 4.17. The van der Waals surface area contributed by atoms with Crippen LogP contribution >= 0.6 is 11.6 Å². The van der Waals surface area contributed by atoms with Gasteiger partial charge in [0.15, 0.2) is 0 Å². The van der Waals surface area contributed by atoms with Crippen LogP contribution in [0.2, 0.25) is 5.02 Å². The molecule has 0 saturated carbocycles. The number of H-pyrrole nitrogens is 1. The normalized spacial score (nSPS) is 12.1. The maximum Gasteiger partial charge on any atom is 0.244 e. The van der Waals surface area contributed by atoms with E-state index in [1.165, 1.54) is 17.4 Å². The Hall–Kier alpha value is -1.37. The molecule has 0 aliphatic heterocycles. The molecule has 0 unspecified atom stereocenters. The third-order valence-corrected chi connectivity index (χ3v) is 5.49. The van der Waals surface area contributed by atoms with Crippen LogP contribution in [0.25, 0.3) is 0 Å². The first kappa shape index (κ1) is 15.0. The molecular weight excluding hydrogens is 298 g/mol. The molecule has 0 amide bonds. The van der Waals surface area contributed by atoms with Crippen LogP contribution in [-0.4, -0.2) is 30.0 Å². The Morgan fingerprint density at radius 1 is 1.30 bits per heavy atom. The highest BCUT2D eigenvalue weighted by Crippen LogP contribution is 2.25. The van der Waals surface area contributed by atoms with E-state index in [0.29, 0.717) is 0 Å². The molecule has 1 aromatic heterocycles. The van der Waals surface area contributed by atoms with Gasteiger partial charge in [0.25, 0.3) is 0 Å². The van der Waals surface area contributed by atoms with Gasteiger partial charge in [0.1, 0.15) is 4.90 Å². The molecule has 1 heterocycles. The maximum atomic E-state index is 12.5. The lowest BCUT2D eigenvalue weighted by molar-refractivity contribution is 0.465. The lowest BCUT2D eigenvalue weighted by Gasteiger charge is -2.18. The standard InChI is InChI=1S/C13H16ClN3O2S/c1-9-11(10(2)16-15-9)8-17(3)20(18,19)13-7-5-4-6-12(13)14/h4-7H,8H2,1-3H3,(H,15,16). The quantitative estimate of drug-likeness (QED) is 0.943. The summed E-state index contributed by atoms with van der Waals surface area (Å²) in [6, 6.07) is 6.42. The van der Waals surface area contributed by atoms with E-state index in [4.69, 9.17) is 11.6 Å². The van der Waals surface area contributed by atoms with Crippen molar-refractivity contribution in [2.45, 2.75) is 25.3 Å². The van der Waals surface area contributed by atoms with E-state index in [-0.39, 0.29) is 16.5 Å². The Bertz CT molecular complexity index is 705. The average molecular weight is 314 g/mol. The predicted molar refractivity (Wildman–Crippen MR) is 78.2 cm³/mol. The number of rotatable bonds is 4. The van der Waals surface area contributed by atoms with Crippen molar-refractivity contribution in [1.29, 1.82) is 0 Å². The summed E-state index contributed by atoms with van der Waals surface area (Å²) in [7, 11) is -2.09. The zero-order valence-electron chi connectivity index (χ0n) is 11.5. The number of sulfonamides is 1. The van der Waals surface area contributed by atoms with E-state index >= 15 is 0 Å². The minimum Gasteiger partial charge on any atom is -0.282 e. The number of hydrogen-bond acceptors (Lipinski definition) is 3. The highest BCUT2D eigenvalue weighted by molar-refractivity contribution is 7.89. The molecule has 5 nitrogen and oxygen atoms in total. The highest BCUT2D eigenvalue weighted by Gasteiger charge is 2.24. The molecule has 2 aromatic rings. The topological polar surface area (TPSA) is 66.1 Å². The first-order valence-corrected chi connectivity index (χ1v) is 7.87. The largest absolute Gasteiger partial charge is 0.282 e. The third kappa shape index (κ3) is 2.72. The van der Waals surface area contributed by atoms with Gasteiger partial charge in [0, 0.05) is 24.8 Å². The number of hydrogen-bond donors (Lipinski definition) is 1. The SMILES string of the molecule is Cc1n[nH]c(C)c1CN(C)S(=O)(=O)c1ccccc1Cl. The molecule has 2 rings (SSSR count). The molecule has 0 spiro atoms. The van der Waals surface area contributed by atoms with Crippen molar-refractivity contribution in [3.8, 4) is 0 Å². The summed E-state index contributed by atoms with van der Waals surface area (Å²) in [4.78, 5) is 0.114. The van der Waals surface area contributed by atoms with Crippen molar-refractivity contribution in [1.82, 2.24) is 14.5 Å². The summed E-state index contributed by atoms with van der Waals surface area (Å²) in [6.07, 6.45) is 0.